The molecule has 0 radical (unpaired) electrons. The minimum absolute atomic E-state index is 0.0573. The molecule has 9 nitrogen and oxygen atoms in total. The average Bonchev–Trinajstić information content (AvgIpc) is 3.29. The van der Waals surface area contributed by atoms with E-state index in [-0.39, 0.29) is 10.9 Å². The van der Waals surface area contributed by atoms with Crippen LogP contribution in [0.5, 0.6) is 0 Å². The summed E-state index contributed by atoms with van der Waals surface area (Å²) >= 11 is 0. The second-order valence-corrected chi connectivity index (χ2v) is 8.26. The van der Waals surface area contributed by atoms with Crippen LogP contribution in [-0.2, 0) is 0 Å². The molecule has 5 rings (SSSR count). The summed E-state index contributed by atoms with van der Waals surface area (Å²) in [6.07, 6.45) is 3.10. The number of hydrogen-bond donors (Lipinski definition) is 2. The van der Waals surface area contributed by atoms with Gasteiger partial charge in [0.25, 0.3) is 5.56 Å². The van der Waals surface area contributed by atoms with Crippen LogP contribution < -0.4 is 15.8 Å². The molecule has 0 saturated carbocycles. The molecule has 0 fully saturated rings. The summed E-state index contributed by atoms with van der Waals surface area (Å²) in [5, 5.41) is 5.67. The zero-order chi connectivity index (χ0) is 25.7. The Hall–Kier alpha value is -4.67. The van der Waals surface area contributed by atoms with Gasteiger partial charge in [0.2, 0.25) is 0 Å². The Morgan fingerprint density at radius 1 is 1.22 bits per heavy atom. The summed E-state index contributed by atoms with van der Waals surface area (Å²) in [5.41, 5.74) is 2.24. The fraction of sp³-hybridized carbons (Fsp3) is 0.160. The number of fused-ring (bicyclic) bond motifs is 4. The van der Waals surface area contributed by atoms with Crippen molar-refractivity contribution in [2.75, 3.05) is 30.9 Å². The van der Waals surface area contributed by atoms with Crippen LogP contribution in [0, 0.1) is 16.5 Å². The molecular weight excluding hydrogens is 470 g/mol. The number of aromatic nitrogens is 3. The predicted octanol–water partition coefficient (Wildman–Crippen LogP) is 4.68. The number of carbonyl (C=O) groups excluding carboxylic acids is 1. The Balaban J connectivity index is 1.88. The number of H-pyrrole nitrogens is 1. The normalized spacial score (nSPS) is 11.4. The zero-order valence-corrected chi connectivity index (χ0v) is 19.5. The highest BCUT2D eigenvalue weighted by molar-refractivity contribution is 6.18. The molecule has 0 unspecified atom stereocenters. The first kappa shape index (κ1) is 23.1. The van der Waals surface area contributed by atoms with Crippen LogP contribution in [0.15, 0.2) is 52.7 Å². The van der Waals surface area contributed by atoms with Crippen molar-refractivity contribution in [2.24, 2.45) is 5.18 Å². The summed E-state index contributed by atoms with van der Waals surface area (Å²) < 4.78 is 31.0. The number of nitrogens with zero attached hydrogens (tertiary/aromatic N) is 4. The topological polar surface area (TPSA) is 112 Å². The maximum absolute atomic E-state index is 15.2. The van der Waals surface area contributed by atoms with Gasteiger partial charge in [-0.3, -0.25) is 14.0 Å². The highest BCUT2D eigenvalue weighted by Gasteiger charge is 2.24. The SMILES string of the molecule is CCN(C)c1c(-c2ccc3ccc(C(=O)N=O)c(=O)n3c2)cnc2[nH]c3c(NC)cc(F)c(F)c3c12. The van der Waals surface area contributed by atoms with E-state index in [1.165, 1.54) is 22.7 Å². The second kappa shape index (κ2) is 8.52. The number of nitrogens with one attached hydrogen (secondary N) is 2. The second-order valence-electron chi connectivity index (χ2n) is 8.26. The molecule has 0 aliphatic carbocycles. The number of pyridine rings is 3. The Labute approximate surface area is 202 Å². The van der Waals surface area contributed by atoms with Crippen LogP contribution >= 0.6 is 0 Å². The van der Waals surface area contributed by atoms with Gasteiger partial charge in [0.1, 0.15) is 11.2 Å². The van der Waals surface area contributed by atoms with Crippen molar-refractivity contribution in [2.45, 2.75) is 6.92 Å². The molecule has 11 heteroatoms. The third-order valence-corrected chi connectivity index (χ3v) is 6.36. The Bertz CT molecular complexity index is 1780. The number of rotatable bonds is 5. The van der Waals surface area contributed by atoms with Crippen LogP contribution in [0.4, 0.5) is 20.2 Å². The van der Waals surface area contributed by atoms with Gasteiger partial charge in [0.15, 0.2) is 11.6 Å². The molecule has 0 bridgehead atoms. The fourth-order valence-corrected chi connectivity index (χ4v) is 4.47. The predicted molar refractivity (Wildman–Crippen MR) is 135 cm³/mol. The Morgan fingerprint density at radius 3 is 2.67 bits per heavy atom. The highest BCUT2D eigenvalue weighted by atomic mass is 19.2. The third-order valence-electron chi connectivity index (χ3n) is 6.36. The molecule has 0 atom stereocenters. The summed E-state index contributed by atoms with van der Waals surface area (Å²) in [4.78, 5) is 44.8. The van der Waals surface area contributed by atoms with Crippen molar-refractivity contribution in [1.29, 1.82) is 0 Å². The minimum Gasteiger partial charge on any atom is -0.386 e. The van der Waals surface area contributed by atoms with E-state index in [0.717, 1.165) is 6.07 Å². The van der Waals surface area contributed by atoms with E-state index in [1.54, 1.807) is 25.4 Å². The molecule has 2 N–H and O–H groups in total. The monoisotopic (exact) mass is 490 g/mol. The van der Waals surface area contributed by atoms with Crippen molar-refractivity contribution >= 4 is 44.7 Å². The minimum atomic E-state index is -1.16. The van der Waals surface area contributed by atoms with E-state index in [4.69, 9.17) is 0 Å². The van der Waals surface area contributed by atoms with Gasteiger partial charge in [0.05, 0.1) is 27.7 Å². The van der Waals surface area contributed by atoms with E-state index in [2.05, 4.69) is 20.5 Å². The molecule has 1 amide bonds. The number of hydrogen-bond acceptors (Lipinski definition) is 6. The number of anilines is 2. The van der Waals surface area contributed by atoms with Crippen molar-refractivity contribution in [1.82, 2.24) is 14.4 Å². The first-order valence-electron chi connectivity index (χ1n) is 11.0. The van der Waals surface area contributed by atoms with Crippen LogP contribution in [-0.4, -0.2) is 40.9 Å². The lowest BCUT2D eigenvalue weighted by molar-refractivity contribution is 0.0999. The standard InChI is InChI=1S/C25H20F2N6O3/c1-4-32(3)22-15(12-5-6-13-7-8-14(24(34)31-36)25(35)33(13)11-12)10-29-23-19(22)18-20(27)16(26)9-17(28-2)21(18)30-23/h5-11,28H,4H2,1-3H3,(H,29,30). The molecule has 0 saturated heterocycles. The molecule has 0 spiro atoms. The van der Waals surface area contributed by atoms with Crippen molar-refractivity contribution in [3.05, 3.63) is 75.2 Å². The molecule has 4 heterocycles. The van der Waals surface area contributed by atoms with Gasteiger partial charge in [-0.1, -0.05) is 6.07 Å². The molecule has 36 heavy (non-hydrogen) atoms. The van der Waals surface area contributed by atoms with Gasteiger partial charge >= 0.3 is 5.91 Å². The number of carbonyl (C=O) groups is 1. The van der Waals surface area contributed by atoms with Crippen LogP contribution in [0.25, 0.3) is 38.6 Å². The maximum atomic E-state index is 15.2. The Morgan fingerprint density at radius 2 is 1.97 bits per heavy atom. The number of benzene rings is 1. The Kier molecular flexibility index (Phi) is 5.47. The maximum Gasteiger partial charge on any atom is 0.322 e. The average molecular weight is 490 g/mol. The van der Waals surface area contributed by atoms with Crippen molar-refractivity contribution in [3.63, 3.8) is 0 Å². The number of amides is 1. The van der Waals surface area contributed by atoms with Gasteiger partial charge in [-0.2, -0.15) is 0 Å². The molecule has 0 aliphatic heterocycles. The van der Waals surface area contributed by atoms with Gasteiger partial charge in [-0.05, 0) is 25.1 Å². The van der Waals surface area contributed by atoms with Gasteiger partial charge in [0, 0.05) is 60.9 Å². The molecule has 0 aliphatic rings. The van der Waals surface area contributed by atoms with Gasteiger partial charge in [-0.25, -0.2) is 13.8 Å². The number of nitroso groups, excluding NO2 is 1. The van der Waals surface area contributed by atoms with E-state index >= 15 is 4.39 Å². The quantitative estimate of drug-likeness (QED) is 0.346. The number of halogens is 2. The lowest BCUT2D eigenvalue weighted by atomic mass is 10.0. The molecule has 182 valence electrons. The van der Waals surface area contributed by atoms with E-state index in [9.17, 15) is 18.9 Å². The smallest absolute Gasteiger partial charge is 0.322 e. The lowest BCUT2D eigenvalue weighted by Gasteiger charge is -2.22. The lowest BCUT2D eigenvalue weighted by Crippen LogP contribution is -2.21. The third kappa shape index (κ3) is 3.31. The first-order valence-corrected chi connectivity index (χ1v) is 11.0. The van der Waals surface area contributed by atoms with E-state index in [1.807, 2.05) is 18.9 Å². The van der Waals surface area contributed by atoms with Gasteiger partial charge < -0.3 is 15.2 Å². The van der Waals surface area contributed by atoms with Crippen molar-refractivity contribution < 1.29 is 13.6 Å². The summed E-state index contributed by atoms with van der Waals surface area (Å²) in [5.74, 6) is -3.16. The summed E-state index contributed by atoms with van der Waals surface area (Å²) in [6, 6.07) is 7.30. The van der Waals surface area contributed by atoms with E-state index < -0.39 is 23.1 Å². The van der Waals surface area contributed by atoms with Crippen molar-refractivity contribution in [3.8, 4) is 11.1 Å². The van der Waals surface area contributed by atoms with Crippen LogP contribution in [0.2, 0.25) is 0 Å². The largest absolute Gasteiger partial charge is 0.386 e. The fourth-order valence-electron chi connectivity index (χ4n) is 4.47. The van der Waals surface area contributed by atoms with Crippen LogP contribution in [0.3, 0.4) is 0 Å². The first-order chi connectivity index (χ1) is 17.3. The van der Waals surface area contributed by atoms with Crippen LogP contribution in [0.1, 0.15) is 17.3 Å². The molecule has 5 aromatic rings. The zero-order valence-electron chi connectivity index (χ0n) is 19.5. The molecular formula is C25H20F2N6O3. The summed E-state index contributed by atoms with van der Waals surface area (Å²) in [7, 11) is 3.43. The number of aromatic amines is 1. The molecule has 4 aromatic heterocycles. The van der Waals surface area contributed by atoms with Gasteiger partial charge in [-0.15, -0.1) is 4.91 Å². The molecule has 1 aromatic carbocycles. The summed E-state index contributed by atoms with van der Waals surface area (Å²) in [6.45, 7) is 2.45. The van der Waals surface area contributed by atoms with E-state index in [0.29, 0.717) is 51.1 Å². The highest BCUT2D eigenvalue weighted by Crippen LogP contribution is 2.42.